The smallest absolute Gasteiger partial charge is 0.256 e. The van der Waals surface area contributed by atoms with Crippen LogP contribution in [-0.2, 0) is 0 Å². The Morgan fingerprint density at radius 1 is 1.10 bits per heavy atom. The fraction of sp³-hybridized carbons (Fsp3) is 0.500. The van der Waals surface area contributed by atoms with Crippen molar-refractivity contribution >= 4 is 17.6 Å². The van der Waals surface area contributed by atoms with Crippen LogP contribution < -0.4 is 16.4 Å². The minimum atomic E-state index is -0.161. The van der Waals surface area contributed by atoms with E-state index < -0.39 is 0 Å². The number of aromatic nitrogens is 2. The predicted octanol–water partition coefficient (Wildman–Crippen LogP) is 2.57. The molecule has 2 amide bonds. The third kappa shape index (κ3) is 3.50. The molecule has 0 aliphatic heterocycles. The third-order valence-electron chi connectivity index (χ3n) is 6.67. The Morgan fingerprint density at radius 2 is 1.93 bits per heavy atom. The van der Waals surface area contributed by atoms with E-state index in [0.717, 1.165) is 36.4 Å². The molecule has 4 N–H and O–H groups in total. The number of carbonyl (C=O) groups excluding carboxylic acids is 2. The van der Waals surface area contributed by atoms with E-state index in [4.69, 9.17) is 5.73 Å². The number of hydrogen-bond donors (Lipinski definition) is 3. The van der Waals surface area contributed by atoms with E-state index in [2.05, 4.69) is 15.7 Å². The monoisotopic (exact) mass is 393 g/mol. The van der Waals surface area contributed by atoms with Crippen molar-refractivity contribution in [3.8, 4) is 5.69 Å². The number of carbonyl (C=O) groups is 2. The number of benzene rings is 1. The van der Waals surface area contributed by atoms with Gasteiger partial charge in [0.25, 0.3) is 11.8 Å². The zero-order chi connectivity index (χ0) is 20.1. The van der Waals surface area contributed by atoms with Gasteiger partial charge >= 0.3 is 0 Å². The molecule has 2 aromatic rings. The molecular formula is C22H27N5O2. The second kappa shape index (κ2) is 6.90. The van der Waals surface area contributed by atoms with E-state index in [-0.39, 0.29) is 23.7 Å². The van der Waals surface area contributed by atoms with Gasteiger partial charge in [0.2, 0.25) is 0 Å². The van der Waals surface area contributed by atoms with Crippen molar-refractivity contribution in [3.63, 3.8) is 0 Å². The van der Waals surface area contributed by atoms with Gasteiger partial charge in [-0.2, -0.15) is 0 Å². The standard InChI is InChI=1S/C22H27N5O2/c1-12-2-4-15(21(28)24-16-6-7-16)10-19(12)27-11-17(20(23)26-27)22(29)25-18-9-13-3-5-14(18)8-13/h2,4,10-11,13-14,16,18H,3,5-9H2,1H3,(H2,23,26)(H,24,28)(H,25,29). The molecule has 1 aromatic carbocycles. The topological polar surface area (TPSA) is 102 Å². The van der Waals surface area contributed by atoms with Crippen LogP contribution in [0.5, 0.6) is 0 Å². The Balaban J connectivity index is 1.36. The lowest BCUT2D eigenvalue weighted by atomic mass is 9.95. The number of aryl methyl sites for hydroxylation is 1. The molecule has 29 heavy (non-hydrogen) atoms. The van der Waals surface area contributed by atoms with E-state index in [1.54, 1.807) is 16.9 Å². The number of amides is 2. The number of nitrogens with zero attached hydrogens (tertiary/aromatic N) is 2. The Hall–Kier alpha value is -2.83. The van der Waals surface area contributed by atoms with Crippen molar-refractivity contribution in [2.75, 3.05) is 5.73 Å². The first-order chi connectivity index (χ1) is 14.0. The maximum atomic E-state index is 12.8. The lowest BCUT2D eigenvalue weighted by molar-refractivity contribution is 0.0921. The molecule has 3 fully saturated rings. The predicted molar refractivity (Wildman–Crippen MR) is 110 cm³/mol. The van der Waals surface area contributed by atoms with Crippen molar-refractivity contribution in [2.24, 2.45) is 11.8 Å². The van der Waals surface area contributed by atoms with Crippen molar-refractivity contribution in [2.45, 2.75) is 57.5 Å². The number of nitrogens with two attached hydrogens (primary N) is 1. The fourth-order valence-corrected chi connectivity index (χ4v) is 4.85. The van der Waals surface area contributed by atoms with Gasteiger partial charge in [0.05, 0.1) is 5.69 Å². The maximum Gasteiger partial charge on any atom is 0.256 e. The highest BCUT2D eigenvalue weighted by Gasteiger charge is 2.40. The first kappa shape index (κ1) is 18.2. The maximum absolute atomic E-state index is 12.8. The first-order valence-electron chi connectivity index (χ1n) is 10.6. The minimum absolute atomic E-state index is 0.0804. The number of anilines is 1. The van der Waals surface area contributed by atoms with Crippen LogP contribution in [0.2, 0.25) is 0 Å². The molecule has 3 saturated carbocycles. The summed E-state index contributed by atoms with van der Waals surface area (Å²) in [5.41, 5.74) is 8.76. The number of fused-ring (bicyclic) bond motifs is 2. The third-order valence-corrected chi connectivity index (χ3v) is 6.67. The summed E-state index contributed by atoms with van der Waals surface area (Å²) < 4.78 is 1.61. The van der Waals surface area contributed by atoms with Gasteiger partial charge in [-0.05, 0) is 68.6 Å². The molecule has 1 heterocycles. The zero-order valence-corrected chi connectivity index (χ0v) is 16.6. The van der Waals surface area contributed by atoms with Gasteiger partial charge in [-0.1, -0.05) is 12.5 Å². The van der Waals surface area contributed by atoms with E-state index >= 15 is 0 Å². The number of hydrogen-bond acceptors (Lipinski definition) is 4. The molecule has 3 aliphatic carbocycles. The van der Waals surface area contributed by atoms with Crippen LogP contribution in [0.15, 0.2) is 24.4 Å². The number of nitrogens with one attached hydrogen (secondary N) is 2. The summed E-state index contributed by atoms with van der Waals surface area (Å²) in [7, 11) is 0. The van der Waals surface area contributed by atoms with Crippen LogP contribution in [-0.4, -0.2) is 33.7 Å². The molecule has 0 spiro atoms. The van der Waals surface area contributed by atoms with Gasteiger partial charge in [0, 0.05) is 23.8 Å². The van der Waals surface area contributed by atoms with Crippen LogP contribution in [0.3, 0.4) is 0 Å². The second-order valence-electron chi connectivity index (χ2n) is 8.88. The van der Waals surface area contributed by atoms with Crippen LogP contribution >= 0.6 is 0 Å². The molecule has 0 radical (unpaired) electrons. The fourth-order valence-electron chi connectivity index (χ4n) is 4.85. The van der Waals surface area contributed by atoms with Gasteiger partial charge in [-0.25, -0.2) is 4.68 Å². The molecule has 0 saturated heterocycles. The summed E-state index contributed by atoms with van der Waals surface area (Å²) in [6, 6.07) is 6.06. The lowest BCUT2D eigenvalue weighted by Crippen LogP contribution is -2.38. The summed E-state index contributed by atoms with van der Waals surface area (Å²) >= 11 is 0. The molecule has 7 nitrogen and oxygen atoms in total. The Labute approximate surface area is 170 Å². The van der Waals surface area contributed by atoms with E-state index in [9.17, 15) is 9.59 Å². The van der Waals surface area contributed by atoms with E-state index in [1.165, 1.54) is 19.3 Å². The summed E-state index contributed by atoms with van der Waals surface area (Å²) in [6.45, 7) is 1.95. The van der Waals surface area contributed by atoms with E-state index in [0.29, 0.717) is 23.1 Å². The summed E-state index contributed by atoms with van der Waals surface area (Å²) in [5.74, 6) is 1.33. The van der Waals surface area contributed by atoms with Gasteiger partial charge < -0.3 is 16.4 Å². The SMILES string of the molecule is Cc1ccc(C(=O)NC2CC2)cc1-n1cc(C(=O)NC2CC3CCC2C3)c(N)n1. The van der Waals surface area contributed by atoms with Crippen molar-refractivity contribution in [3.05, 3.63) is 41.1 Å². The molecule has 2 bridgehead atoms. The molecule has 3 aliphatic rings. The first-order valence-corrected chi connectivity index (χ1v) is 10.6. The van der Waals surface area contributed by atoms with Crippen molar-refractivity contribution in [1.29, 1.82) is 0 Å². The minimum Gasteiger partial charge on any atom is -0.382 e. The molecule has 7 heteroatoms. The molecule has 1 aromatic heterocycles. The molecule has 3 atom stereocenters. The normalized spacial score (nSPS) is 25.2. The van der Waals surface area contributed by atoms with Gasteiger partial charge in [0.15, 0.2) is 5.82 Å². The molecule has 3 unspecified atom stereocenters. The van der Waals surface area contributed by atoms with E-state index in [1.807, 2.05) is 19.1 Å². The average Bonchev–Trinajstić information content (AvgIpc) is 3.09. The highest BCUT2D eigenvalue weighted by atomic mass is 16.2. The quantitative estimate of drug-likeness (QED) is 0.726. The van der Waals surface area contributed by atoms with Crippen LogP contribution in [0.4, 0.5) is 5.82 Å². The van der Waals surface area contributed by atoms with Crippen LogP contribution in [0.1, 0.15) is 64.8 Å². The Morgan fingerprint density at radius 3 is 2.62 bits per heavy atom. The van der Waals surface area contributed by atoms with Gasteiger partial charge in [-0.3, -0.25) is 9.59 Å². The lowest BCUT2D eigenvalue weighted by Gasteiger charge is -2.22. The summed E-state index contributed by atoms with van der Waals surface area (Å²) in [5, 5.41) is 10.5. The zero-order valence-electron chi connectivity index (χ0n) is 16.6. The second-order valence-corrected chi connectivity index (χ2v) is 8.88. The van der Waals surface area contributed by atoms with Gasteiger partial charge in [0.1, 0.15) is 5.56 Å². The largest absolute Gasteiger partial charge is 0.382 e. The molecule has 5 rings (SSSR count). The average molecular weight is 393 g/mol. The molecular weight excluding hydrogens is 366 g/mol. The van der Waals surface area contributed by atoms with Gasteiger partial charge in [-0.15, -0.1) is 5.10 Å². The highest BCUT2D eigenvalue weighted by molar-refractivity contribution is 5.98. The van der Waals surface area contributed by atoms with Crippen molar-refractivity contribution in [1.82, 2.24) is 20.4 Å². The number of rotatable bonds is 5. The Kier molecular flexibility index (Phi) is 4.33. The molecule has 152 valence electrons. The summed E-state index contributed by atoms with van der Waals surface area (Å²) in [4.78, 5) is 25.2. The highest BCUT2D eigenvalue weighted by Crippen LogP contribution is 2.44. The Bertz CT molecular complexity index is 978. The summed E-state index contributed by atoms with van der Waals surface area (Å²) in [6.07, 6.45) is 8.56. The number of nitrogen functional groups attached to an aromatic ring is 1. The van der Waals surface area contributed by atoms with Crippen LogP contribution in [0.25, 0.3) is 5.69 Å². The van der Waals surface area contributed by atoms with Crippen molar-refractivity contribution < 1.29 is 9.59 Å². The van der Waals surface area contributed by atoms with Crippen LogP contribution in [0, 0.1) is 18.8 Å².